The van der Waals surface area contributed by atoms with E-state index in [1.54, 1.807) is 0 Å². The molecule has 0 fully saturated rings. The molecule has 0 bridgehead atoms. The minimum atomic E-state index is -4.70. The summed E-state index contributed by atoms with van der Waals surface area (Å²) in [6.45, 7) is 6.75. The molecule has 0 saturated carbocycles. The topological polar surface area (TPSA) is 114 Å². The Hall–Kier alpha value is -2.55. The normalized spacial score (nSPS) is 14.3. The zero-order chi connectivity index (χ0) is 52.2. The van der Waals surface area contributed by atoms with Crippen molar-refractivity contribution in [1.82, 2.24) is 5.32 Å². The van der Waals surface area contributed by atoms with Crippen molar-refractivity contribution in [1.29, 1.82) is 0 Å². The third-order valence-corrected chi connectivity index (χ3v) is 13.6. The number of phosphoric ester groups is 1. The predicted octanol–water partition coefficient (Wildman–Crippen LogP) is 17.0. The van der Waals surface area contributed by atoms with Gasteiger partial charge >= 0.3 is 5.97 Å². The van der Waals surface area contributed by atoms with Gasteiger partial charge in [-0.1, -0.05) is 210 Å². The number of phosphoric acid groups is 1. The first-order valence-corrected chi connectivity index (χ1v) is 30.7. The number of likely N-dealkylation sites (N-methyl/N-ethyl adjacent to an activating group) is 1. The van der Waals surface area contributed by atoms with Gasteiger partial charge in [0.05, 0.1) is 33.8 Å². The molecule has 0 aromatic heterocycles. The molecule has 9 nitrogen and oxygen atoms in total. The second-order valence-corrected chi connectivity index (χ2v) is 22.2. The van der Waals surface area contributed by atoms with Crippen LogP contribution in [-0.2, 0) is 27.9 Å². The minimum absolute atomic E-state index is 0.0307. The summed E-state index contributed by atoms with van der Waals surface area (Å²) in [7, 11) is 1.16. The highest BCUT2D eigenvalue weighted by atomic mass is 31.2. The van der Waals surface area contributed by atoms with Gasteiger partial charge < -0.3 is 28.5 Å². The fourth-order valence-electron chi connectivity index (χ4n) is 8.03. The number of nitrogens with one attached hydrogen (secondary N) is 1. The minimum Gasteiger partial charge on any atom is -0.756 e. The van der Waals surface area contributed by atoms with E-state index in [4.69, 9.17) is 13.8 Å². The van der Waals surface area contributed by atoms with Crippen LogP contribution in [0.3, 0.4) is 0 Å². The Morgan fingerprint density at radius 3 is 1.31 bits per heavy atom. The van der Waals surface area contributed by atoms with E-state index in [-0.39, 0.29) is 31.3 Å². The molecule has 3 atom stereocenters. The Bertz CT molecular complexity index is 1450. The summed E-state index contributed by atoms with van der Waals surface area (Å²) in [6, 6.07) is -0.905. The SMILES string of the molecule is CCCCC/C=C\C/C=C\C/C=C\CCCCCCC(=O)NC(COP(=O)([O-])OCC[N+](C)(C)C)C(/C=C/CCCCCCCCCCC)OC(=O)CCCCCCCCC/C=C\C/C=C\CCCCC. The molecule has 10 heteroatoms. The number of esters is 1. The number of unbranched alkanes of at least 4 members (excludes halogenated alkanes) is 26. The molecule has 0 aliphatic heterocycles. The lowest BCUT2D eigenvalue weighted by atomic mass is 10.1. The van der Waals surface area contributed by atoms with Crippen LogP contribution < -0.4 is 10.2 Å². The number of quaternary nitrogens is 1. The molecule has 0 rings (SSSR count). The van der Waals surface area contributed by atoms with Crippen LogP contribution in [0.5, 0.6) is 0 Å². The van der Waals surface area contributed by atoms with E-state index in [9.17, 15) is 19.0 Å². The lowest BCUT2D eigenvalue weighted by Gasteiger charge is -2.30. The Labute approximate surface area is 438 Å². The summed E-state index contributed by atoms with van der Waals surface area (Å²) in [5.41, 5.74) is 0. The maximum atomic E-state index is 13.5. The molecule has 0 aliphatic rings. The molecule has 71 heavy (non-hydrogen) atoms. The lowest BCUT2D eigenvalue weighted by Crippen LogP contribution is -2.47. The fraction of sp³-hybridized carbons (Fsp3) is 0.770. The van der Waals surface area contributed by atoms with E-state index in [1.165, 1.54) is 116 Å². The van der Waals surface area contributed by atoms with Crippen LogP contribution in [-0.4, -0.2) is 69.4 Å². The van der Waals surface area contributed by atoms with Crippen LogP contribution in [0, 0.1) is 0 Å². The Balaban J connectivity index is 5.35. The summed E-state index contributed by atoms with van der Waals surface area (Å²) in [5, 5.41) is 3.01. The van der Waals surface area contributed by atoms with Gasteiger partial charge in [0.2, 0.25) is 5.91 Å². The number of hydrogen-bond acceptors (Lipinski definition) is 7. The van der Waals surface area contributed by atoms with Crippen molar-refractivity contribution >= 4 is 19.7 Å². The third-order valence-electron chi connectivity index (χ3n) is 12.6. The molecule has 412 valence electrons. The molecular weight excluding hydrogens is 904 g/mol. The van der Waals surface area contributed by atoms with Gasteiger partial charge in [-0.25, -0.2) is 0 Å². The van der Waals surface area contributed by atoms with Crippen molar-refractivity contribution in [2.24, 2.45) is 0 Å². The maximum Gasteiger partial charge on any atom is 0.306 e. The molecule has 1 N–H and O–H groups in total. The molecule has 0 saturated heterocycles. The number of ether oxygens (including phenoxy) is 1. The third kappa shape index (κ3) is 52.1. The van der Waals surface area contributed by atoms with E-state index in [0.717, 1.165) is 96.3 Å². The second kappa shape index (κ2) is 51.0. The molecule has 0 radical (unpaired) electrons. The summed E-state index contributed by atoms with van der Waals surface area (Å²) in [5.74, 6) is -0.577. The van der Waals surface area contributed by atoms with Gasteiger partial charge in [0.25, 0.3) is 7.82 Å². The first-order valence-electron chi connectivity index (χ1n) is 29.2. The highest BCUT2D eigenvalue weighted by Gasteiger charge is 2.27. The van der Waals surface area contributed by atoms with E-state index in [1.807, 2.05) is 33.3 Å². The molecule has 0 aliphatic carbocycles. The number of carbonyl (C=O) groups is 2. The van der Waals surface area contributed by atoms with Crippen molar-refractivity contribution in [3.05, 3.63) is 72.9 Å². The lowest BCUT2D eigenvalue weighted by molar-refractivity contribution is -0.870. The molecular formula is C61H111N2O7P. The Morgan fingerprint density at radius 1 is 0.493 bits per heavy atom. The van der Waals surface area contributed by atoms with Crippen molar-refractivity contribution < 1.29 is 37.3 Å². The molecule has 0 aromatic carbocycles. The van der Waals surface area contributed by atoms with Gasteiger partial charge in [-0.15, -0.1) is 0 Å². The monoisotopic (exact) mass is 1010 g/mol. The molecule has 3 unspecified atom stereocenters. The smallest absolute Gasteiger partial charge is 0.306 e. The second-order valence-electron chi connectivity index (χ2n) is 20.8. The molecule has 0 heterocycles. The van der Waals surface area contributed by atoms with Crippen LogP contribution in [0.1, 0.15) is 252 Å². The number of rotatable bonds is 52. The van der Waals surface area contributed by atoms with E-state index >= 15 is 0 Å². The standard InChI is InChI=1S/C61H111N2O7P/c1-7-10-13-16-19-22-25-27-29-31-33-35-38-41-44-47-50-53-60(64)62-58(57-69-71(66,67)68-56-55-63(4,5)6)59(52-49-46-43-40-37-24-21-18-15-12-9-3)70-61(65)54-51-48-45-42-39-36-34-32-30-28-26-23-20-17-14-11-8-2/h19-20,22-23,27-30,33,35,49,52,58-59H,7-18,21,24-26,31-32,34,36-48,50-51,53-57H2,1-6H3,(H-,62,64,66,67)/b22-19-,23-20-,29-27-,30-28-,35-33-,52-49+. The highest BCUT2D eigenvalue weighted by molar-refractivity contribution is 7.45. The fourth-order valence-corrected chi connectivity index (χ4v) is 8.75. The quantitative estimate of drug-likeness (QED) is 0.0212. The number of allylic oxidation sites excluding steroid dienone is 11. The van der Waals surface area contributed by atoms with Gasteiger partial charge in [-0.2, -0.15) is 0 Å². The van der Waals surface area contributed by atoms with Gasteiger partial charge in [-0.3, -0.25) is 14.2 Å². The first-order chi connectivity index (χ1) is 34.4. The summed E-state index contributed by atoms with van der Waals surface area (Å²) >= 11 is 0. The Kier molecular flexibility index (Phi) is 49.1. The molecule has 1 amide bonds. The summed E-state index contributed by atoms with van der Waals surface area (Å²) < 4.78 is 30.2. The Morgan fingerprint density at radius 2 is 0.859 bits per heavy atom. The van der Waals surface area contributed by atoms with Gasteiger partial charge in [0.15, 0.2) is 0 Å². The van der Waals surface area contributed by atoms with Gasteiger partial charge in [-0.05, 0) is 102 Å². The molecule has 0 spiro atoms. The van der Waals surface area contributed by atoms with Crippen LogP contribution in [0.25, 0.3) is 0 Å². The number of carbonyl (C=O) groups excluding carboxylic acids is 2. The largest absolute Gasteiger partial charge is 0.756 e. The average Bonchev–Trinajstić information content (AvgIpc) is 3.33. The summed E-state index contributed by atoms with van der Waals surface area (Å²) in [6.07, 6.45) is 64.3. The number of nitrogens with zero attached hydrogens (tertiary/aromatic N) is 1. The van der Waals surface area contributed by atoms with Gasteiger partial charge in [0, 0.05) is 12.8 Å². The van der Waals surface area contributed by atoms with E-state index in [2.05, 4.69) is 86.8 Å². The zero-order valence-corrected chi connectivity index (χ0v) is 47.8. The van der Waals surface area contributed by atoms with Crippen LogP contribution in [0.15, 0.2) is 72.9 Å². The van der Waals surface area contributed by atoms with Crippen LogP contribution in [0.4, 0.5) is 0 Å². The molecule has 0 aromatic rings. The zero-order valence-electron chi connectivity index (χ0n) is 46.9. The van der Waals surface area contributed by atoms with Crippen molar-refractivity contribution in [3.8, 4) is 0 Å². The van der Waals surface area contributed by atoms with Crippen molar-refractivity contribution in [2.45, 2.75) is 264 Å². The van der Waals surface area contributed by atoms with E-state index in [0.29, 0.717) is 17.4 Å². The number of amides is 1. The van der Waals surface area contributed by atoms with Crippen LogP contribution >= 0.6 is 7.82 Å². The van der Waals surface area contributed by atoms with Gasteiger partial charge in [0.1, 0.15) is 19.3 Å². The van der Waals surface area contributed by atoms with Crippen LogP contribution in [0.2, 0.25) is 0 Å². The summed E-state index contributed by atoms with van der Waals surface area (Å²) in [4.78, 5) is 39.9. The van der Waals surface area contributed by atoms with Crippen molar-refractivity contribution in [2.75, 3.05) is 40.9 Å². The van der Waals surface area contributed by atoms with E-state index < -0.39 is 26.6 Å². The average molecular weight is 1020 g/mol. The number of hydrogen-bond donors (Lipinski definition) is 1. The maximum absolute atomic E-state index is 13.5. The first kappa shape index (κ1) is 68.5. The predicted molar refractivity (Wildman–Crippen MR) is 302 cm³/mol. The van der Waals surface area contributed by atoms with Crippen molar-refractivity contribution in [3.63, 3.8) is 0 Å². The highest BCUT2D eigenvalue weighted by Crippen LogP contribution is 2.38.